The molecule has 3 rings (SSSR count). The van der Waals surface area contributed by atoms with Crippen molar-refractivity contribution in [2.75, 3.05) is 0 Å². The molecule has 0 aliphatic rings. The van der Waals surface area contributed by atoms with E-state index in [4.69, 9.17) is 11.6 Å². The third-order valence-electron chi connectivity index (χ3n) is 2.71. The Morgan fingerprint density at radius 3 is 2.72 bits per heavy atom. The second-order valence-corrected chi connectivity index (χ2v) is 4.42. The highest BCUT2D eigenvalue weighted by atomic mass is 35.5. The van der Waals surface area contributed by atoms with Gasteiger partial charge in [-0.3, -0.25) is 4.98 Å². The molecule has 0 atom stereocenters. The molecule has 2 heterocycles. The number of halogens is 1. The maximum Gasteiger partial charge on any atom is 0.161 e. The number of hydrogen-bond acceptors (Lipinski definition) is 3. The van der Waals surface area contributed by atoms with E-state index in [1.165, 1.54) is 0 Å². The van der Waals surface area contributed by atoms with Crippen molar-refractivity contribution >= 4 is 22.5 Å². The van der Waals surface area contributed by atoms with Gasteiger partial charge in [-0.2, -0.15) is 0 Å². The van der Waals surface area contributed by atoms with Gasteiger partial charge in [0.15, 0.2) is 5.82 Å². The minimum absolute atomic E-state index is 0.443. The van der Waals surface area contributed by atoms with E-state index in [0.717, 1.165) is 22.2 Å². The van der Waals surface area contributed by atoms with Gasteiger partial charge in [0.05, 0.1) is 5.52 Å². The largest absolute Gasteiger partial charge is 0.253 e. The van der Waals surface area contributed by atoms with E-state index in [-0.39, 0.29) is 0 Å². The first-order valence-corrected chi connectivity index (χ1v) is 5.97. The van der Waals surface area contributed by atoms with Gasteiger partial charge in [-0.05, 0) is 25.1 Å². The Labute approximate surface area is 109 Å². The van der Waals surface area contributed by atoms with Crippen molar-refractivity contribution in [1.29, 1.82) is 0 Å². The number of fused-ring (bicyclic) bond motifs is 1. The Bertz CT molecular complexity index is 725. The second-order valence-electron chi connectivity index (χ2n) is 4.03. The van der Waals surface area contributed by atoms with Crippen molar-refractivity contribution in [3.05, 3.63) is 53.4 Å². The van der Waals surface area contributed by atoms with E-state index in [9.17, 15) is 0 Å². The number of nitrogens with zero attached hydrogens (tertiary/aromatic N) is 3. The number of rotatable bonds is 1. The van der Waals surface area contributed by atoms with E-state index in [0.29, 0.717) is 11.0 Å². The lowest BCUT2D eigenvalue weighted by atomic mass is 10.1. The van der Waals surface area contributed by atoms with Gasteiger partial charge in [0.1, 0.15) is 5.15 Å². The molecule has 0 aliphatic carbocycles. The summed E-state index contributed by atoms with van der Waals surface area (Å²) in [7, 11) is 0. The maximum absolute atomic E-state index is 5.92. The van der Waals surface area contributed by atoms with E-state index < -0.39 is 0 Å². The molecule has 0 aliphatic heterocycles. The van der Waals surface area contributed by atoms with E-state index in [1.807, 2.05) is 37.3 Å². The van der Waals surface area contributed by atoms with Crippen LogP contribution in [-0.2, 0) is 0 Å². The Kier molecular flexibility index (Phi) is 2.68. The summed E-state index contributed by atoms with van der Waals surface area (Å²) < 4.78 is 0. The van der Waals surface area contributed by atoms with Crippen LogP contribution < -0.4 is 0 Å². The van der Waals surface area contributed by atoms with Crippen molar-refractivity contribution in [1.82, 2.24) is 15.0 Å². The first-order valence-electron chi connectivity index (χ1n) is 5.59. The van der Waals surface area contributed by atoms with Crippen LogP contribution in [0.15, 0.2) is 42.6 Å². The Morgan fingerprint density at radius 2 is 1.89 bits per heavy atom. The minimum Gasteiger partial charge on any atom is -0.253 e. The van der Waals surface area contributed by atoms with Gasteiger partial charge in [-0.1, -0.05) is 29.8 Å². The van der Waals surface area contributed by atoms with Crippen LogP contribution >= 0.6 is 11.6 Å². The highest BCUT2D eigenvalue weighted by molar-refractivity contribution is 6.29. The molecule has 0 unspecified atom stereocenters. The lowest BCUT2D eigenvalue weighted by Gasteiger charge is -2.06. The molecule has 2 aromatic heterocycles. The summed E-state index contributed by atoms with van der Waals surface area (Å²) in [6.45, 7) is 1.96. The molecule has 0 N–H and O–H groups in total. The van der Waals surface area contributed by atoms with Crippen molar-refractivity contribution < 1.29 is 0 Å². The van der Waals surface area contributed by atoms with Gasteiger partial charge in [-0.25, -0.2) is 9.97 Å². The summed E-state index contributed by atoms with van der Waals surface area (Å²) in [6, 6.07) is 11.6. The zero-order valence-electron chi connectivity index (χ0n) is 9.76. The molecule has 88 valence electrons. The number of para-hydroxylation sites is 1. The molecule has 0 spiro atoms. The Balaban J connectivity index is 2.34. The zero-order chi connectivity index (χ0) is 12.5. The summed E-state index contributed by atoms with van der Waals surface area (Å²) >= 11 is 5.92. The van der Waals surface area contributed by atoms with Gasteiger partial charge in [0.25, 0.3) is 0 Å². The Morgan fingerprint density at radius 1 is 1.06 bits per heavy atom. The number of benzene rings is 1. The smallest absolute Gasteiger partial charge is 0.161 e. The van der Waals surface area contributed by atoms with Gasteiger partial charge < -0.3 is 0 Å². The average Bonchev–Trinajstić information content (AvgIpc) is 2.37. The number of aryl methyl sites for hydroxylation is 1. The van der Waals surface area contributed by atoms with E-state index >= 15 is 0 Å². The highest BCUT2D eigenvalue weighted by Crippen LogP contribution is 2.26. The summed E-state index contributed by atoms with van der Waals surface area (Å²) in [4.78, 5) is 13.0. The van der Waals surface area contributed by atoms with E-state index in [2.05, 4.69) is 15.0 Å². The third-order valence-corrected chi connectivity index (χ3v) is 2.92. The van der Waals surface area contributed by atoms with Crippen LogP contribution in [0.1, 0.15) is 5.69 Å². The first-order chi connectivity index (χ1) is 8.74. The molecule has 3 nitrogen and oxygen atoms in total. The molecule has 18 heavy (non-hydrogen) atoms. The standard InChI is InChI=1S/C14H10ClN3/c1-9-8-11(14-16-7-6-13(15)18-14)10-4-2-3-5-12(10)17-9/h2-8H,1H3. The average molecular weight is 256 g/mol. The van der Waals surface area contributed by atoms with Gasteiger partial charge >= 0.3 is 0 Å². The molecule has 0 saturated heterocycles. The van der Waals surface area contributed by atoms with Crippen LogP contribution in [0.5, 0.6) is 0 Å². The quantitative estimate of drug-likeness (QED) is 0.623. The van der Waals surface area contributed by atoms with Crippen molar-refractivity contribution in [2.24, 2.45) is 0 Å². The summed E-state index contributed by atoms with van der Waals surface area (Å²) in [5.41, 5.74) is 2.84. The van der Waals surface area contributed by atoms with Gasteiger partial charge in [-0.15, -0.1) is 0 Å². The van der Waals surface area contributed by atoms with E-state index in [1.54, 1.807) is 12.3 Å². The second kappa shape index (κ2) is 4.35. The predicted octanol–water partition coefficient (Wildman–Crippen LogP) is 3.65. The third kappa shape index (κ3) is 1.93. The molecule has 4 heteroatoms. The number of aromatic nitrogens is 3. The summed E-state index contributed by atoms with van der Waals surface area (Å²) in [5.74, 6) is 0.629. The maximum atomic E-state index is 5.92. The zero-order valence-corrected chi connectivity index (χ0v) is 10.5. The molecular weight excluding hydrogens is 246 g/mol. The summed E-state index contributed by atoms with van der Waals surface area (Å²) in [5, 5.41) is 1.48. The fraction of sp³-hybridized carbons (Fsp3) is 0.0714. The Hall–Kier alpha value is -2.00. The molecular formula is C14H10ClN3. The lowest BCUT2D eigenvalue weighted by molar-refractivity contribution is 1.17. The monoisotopic (exact) mass is 255 g/mol. The SMILES string of the molecule is Cc1cc(-c2nccc(Cl)n2)c2ccccc2n1. The van der Waals surface area contributed by atoms with Crippen LogP contribution in [-0.4, -0.2) is 15.0 Å². The van der Waals surface area contributed by atoms with Crippen molar-refractivity contribution in [2.45, 2.75) is 6.92 Å². The van der Waals surface area contributed by atoms with Gasteiger partial charge in [0.2, 0.25) is 0 Å². The van der Waals surface area contributed by atoms with Crippen LogP contribution in [0.4, 0.5) is 0 Å². The molecule has 3 aromatic rings. The fourth-order valence-corrected chi connectivity index (χ4v) is 2.10. The topological polar surface area (TPSA) is 38.7 Å². The molecule has 0 bridgehead atoms. The molecule has 0 fully saturated rings. The summed E-state index contributed by atoms with van der Waals surface area (Å²) in [6.07, 6.45) is 1.66. The number of hydrogen-bond donors (Lipinski definition) is 0. The normalized spacial score (nSPS) is 10.8. The number of pyridine rings is 1. The van der Waals surface area contributed by atoms with Crippen LogP contribution in [0.25, 0.3) is 22.3 Å². The van der Waals surface area contributed by atoms with Crippen LogP contribution in [0.3, 0.4) is 0 Å². The highest BCUT2D eigenvalue weighted by Gasteiger charge is 2.08. The van der Waals surface area contributed by atoms with Crippen LogP contribution in [0, 0.1) is 6.92 Å². The van der Waals surface area contributed by atoms with Crippen molar-refractivity contribution in [3.63, 3.8) is 0 Å². The molecule has 0 saturated carbocycles. The van der Waals surface area contributed by atoms with Gasteiger partial charge in [0, 0.05) is 22.8 Å². The molecule has 1 aromatic carbocycles. The van der Waals surface area contributed by atoms with Crippen molar-refractivity contribution in [3.8, 4) is 11.4 Å². The molecule has 0 radical (unpaired) electrons. The fourth-order valence-electron chi connectivity index (χ4n) is 1.96. The first kappa shape index (κ1) is 11.1. The molecule has 0 amide bonds. The lowest BCUT2D eigenvalue weighted by Crippen LogP contribution is -1.93. The van der Waals surface area contributed by atoms with Crippen LogP contribution in [0.2, 0.25) is 5.15 Å². The minimum atomic E-state index is 0.443. The predicted molar refractivity (Wildman–Crippen MR) is 72.5 cm³/mol.